The van der Waals surface area contributed by atoms with E-state index in [4.69, 9.17) is 4.74 Å². The van der Waals surface area contributed by atoms with Gasteiger partial charge in [0.1, 0.15) is 0 Å². The molecule has 102 valence electrons. The van der Waals surface area contributed by atoms with Crippen molar-refractivity contribution in [3.63, 3.8) is 0 Å². The van der Waals surface area contributed by atoms with Gasteiger partial charge in [0, 0.05) is 10.7 Å². The van der Waals surface area contributed by atoms with E-state index in [1.165, 1.54) is 5.56 Å². The summed E-state index contributed by atoms with van der Waals surface area (Å²) in [6.45, 7) is 12.0. The lowest BCUT2D eigenvalue weighted by molar-refractivity contribution is 0.116. The van der Waals surface area contributed by atoms with E-state index in [0.717, 1.165) is 0 Å². The summed E-state index contributed by atoms with van der Waals surface area (Å²) in [5, 5.41) is 0.379. The number of alkyl halides is 1. The lowest BCUT2D eigenvalue weighted by Gasteiger charge is -2.43. The second kappa shape index (κ2) is 6.05. The SMILES string of the molecule is CO[C@H](c1ccccc1)[C@@H](I)[Si](C)(C)C(C)(C)C. The largest absolute Gasteiger partial charge is 0.376 e. The summed E-state index contributed by atoms with van der Waals surface area (Å²) < 4.78 is 6.36. The first-order chi connectivity index (χ1) is 8.21. The summed E-state index contributed by atoms with van der Waals surface area (Å²) in [6, 6.07) is 10.6. The quantitative estimate of drug-likeness (QED) is 0.397. The van der Waals surface area contributed by atoms with E-state index in [2.05, 4.69) is 86.8 Å². The third-order valence-electron chi connectivity index (χ3n) is 4.27. The molecule has 0 N–H and O–H groups in total. The monoisotopic (exact) mass is 376 g/mol. The van der Waals surface area contributed by atoms with E-state index in [9.17, 15) is 0 Å². The Morgan fingerprint density at radius 3 is 2.00 bits per heavy atom. The van der Waals surface area contributed by atoms with Gasteiger partial charge in [0.05, 0.1) is 14.2 Å². The van der Waals surface area contributed by atoms with Crippen molar-refractivity contribution in [1.82, 2.24) is 0 Å². The van der Waals surface area contributed by atoms with Crippen LogP contribution in [0.1, 0.15) is 32.4 Å². The van der Waals surface area contributed by atoms with Crippen LogP contribution in [0, 0.1) is 0 Å². The van der Waals surface area contributed by atoms with Crippen molar-refractivity contribution in [2.75, 3.05) is 7.11 Å². The molecule has 0 saturated heterocycles. The van der Waals surface area contributed by atoms with Gasteiger partial charge in [0.25, 0.3) is 0 Å². The lowest BCUT2D eigenvalue weighted by Crippen LogP contribution is -2.49. The van der Waals surface area contributed by atoms with Crippen molar-refractivity contribution in [2.45, 2.75) is 48.6 Å². The van der Waals surface area contributed by atoms with Crippen molar-refractivity contribution < 1.29 is 4.74 Å². The molecule has 2 atom stereocenters. The Hall–Kier alpha value is 0.127. The molecule has 0 radical (unpaired) electrons. The number of halogens is 1. The first-order valence-corrected chi connectivity index (χ1v) is 10.8. The molecule has 0 saturated carbocycles. The molecule has 0 fully saturated rings. The van der Waals surface area contributed by atoms with Gasteiger partial charge in [-0.05, 0) is 10.6 Å². The predicted octanol–water partition coefficient (Wildman–Crippen LogP) is 5.23. The Kier molecular flexibility index (Phi) is 5.44. The van der Waals surface area contributed by atoms with Crippen LogP contribution in [0.5, 0.6) is 0 Å². The molecule has 1 aromatic rings. The zero-order valence-electron chi connectivity index (χ0n) is 12.3. The molecule has 1 nitrogen and oxygen atoms in total. The zero-order valence-corrected chi connectivity index (χ0v) is 15.5. The van der Waals surface area contributed by atoms with Crippen LogP contribution < -0.4 is 0 Å². The van der Waals surface area contributed by atoms with Gasteiger partial charge in [-0.3, -0.25) is 0 Å². The topological polar surface area (TPSA) is 9.23 Å². The van der Waals surface area contributed by atoms with Crippen LogP contribution in [-0.4, -0.2) is 18.7 Å². The fourth-order valence-corrected chi connectivity index (χ4v) is 7.28. The molecular weight excluding hydrogens is 351 g/mol. The van der Waals surface area contributed by atoms with Crippen LogP contribution in [0.25, 0.3) is 0 Å². The Labute approximate surface area is 126 Å². The van der Waals surface area contributed by atoms with Gasteiger partial charge < -0.3 is 4.74 Å². The molecule has 3 heteroatoms. The highest BCUT2D eigenvalue weighted by Gasteiger charge is 2.44. The predicted molar refractivity (Wildman–Crippen MR) is 91.2 cm³/mol. The molecule has 1 aromatic carbocycles. The van der Waals surface area contributed by atoms with Crippen molar-refractivity contribution >= 4 is 30.7 Å². The molecule has 0 heterocycles. The molecule has 0 unspecified atom stereocenters. The first-order valence-electron chi connectivity index (χ1n) is 6.43. The minimum Gasteiger partial charge on any atom is -0.376 e. The van der Waals surface area contributed by atoms with Crippen molar-refractivity contribution in [3.8, 4) is 0 Å². The highest BCUT2D eigenvalue weighted by molar-refractivity contribution is 14.1. The highest BCUT2D eigenvalue weighted by atomic mass is 127. The fourth-order valence-electron chi connectivity index (χ4n) is 1.86. The highest BCUT2D eigenvalue weighted by Crippen LogP contribution is 2.45. The minimum absolute atomic E-state index is 0.202. The average molecular weight is 376 g/mol. The van der Waals surface area contributed by atoms with E-state index in [1.54, 1.807) is 0 Å². The van der Waals surface area contributed by atoms with E-state index in [0.29, 0.717) is 8.59 Å². The van der Waals surface area contributed by atoms with Gasteiger partial charge in [0.2, 0.25) is 0 Å². The molecule has 0 aliphatic rings. The summed E-state index contributed by atoms with van der Waals surface area (Å²) in [7, 11) is 0.416. The van der Waals surface area contributed by atoms with Crippen LogP contribution in [0.15, 0.2) is 30.3 Å². The number of ether oxygens (including phenoxy) is 1. The van der Waals surface area contributed by atoms with Crippen LogP contribution >= 0.6 is 22.6 Å². The molecule has 18 heavy (non-hydrogen) atoms. The van der Waals surface area contributed by atoms with Crippen LogP contribution in [0.2, 0.25) is 18.1 Å². The van der Waals surface area contributed by atoms with Gasteiger partial charge in [-0.2, -0.15) is 0 Å². The van der Waals surface area contributed by atoms with Gasteiger partial charge in [0.15, 0.2) is 0 Å². The summed E-state index contributed by atoms with van der Waals surface area (Å²) >= 11 is 2.61. The van der Waals surface area contributed by atoms with E-state index in [-0.39, 0.29) is 6.10 Å². The first kappa shape index (κ1) is 16.2. The summed E-state index contributed by atoms with van der Waals surface area (Å²) in [6.07, 6.45) is 0.202. The molecular formula is C15H25IOSi. The lowest BCUT2D eigenvalue weighted by atomic mass is 10.1. The Morgan fingerprint density at radius 1 is 1.11 bits per heavy atom. The number of hydrogen-bond acceptors (Lipinski definition) is 1. The number of rotatable bonds is 4. The Morgan fingerprint density at radius 2 is 1.61 bits per heavy atom. The standard InChI is InChI=1S/C15H25IOSi/c1-15(2,3)18(5,6)14(16)13(17-4)12-10-8-7-9-11-12/h7-11,13-14H,1-6H3/t13-,14+/m1/s1. The van der Waals surface area contributed by atoms with Crippen molar-refractivity contribution in [3.05, 3.63) is 35.9 Å². The van der Waals surface area contributed by atoms with Gasteiger partial charge in [-0.15, -0.1) is 0 Å². The van der Waals surface area contributed by atoms with Gasteiger partial charge in [-0.25, -0.2) is 0 Å². The van der Waals surface area contributed by atoms with E-state index in [1.807, 2.05) is 7.11 Å². The minimum atomic E-state index is -1.41. The molecule has 1 rings (SSSR count). The molecule has 0 aromatic heterocycles. The van der Waals surface area contributed by atoms with Crippen LogP contribution in [0.4, 0.5) is 0 Å². The molecule has 0 bridgehead atoms. The zero-order chi connectivity index (χ0) is 14.0. The summed E-state index contributed by atoms with van der Waals surface area (Å²) in [5.41, 5.74) is 1.30. The maximum atomic E-state index is 5.81. The fraction of sp³-hybridized carbons (Fsp3) is 0.600. The van der Waals surface area contributed by atoms with Crippen LogP contribution in [0.3, 0.4) is 0 Å². The summed E-state index contributed by atoms with van der Waals surface area (Å²) in [5.74, 6) is 0. The number of methoxy groups -OCH3 is 1. The van der Waals surface area contributed by atoms with Crippen molar-refractivity contribution in [2.24, 2.45) is 0 Å². The third kappa shape index (κ3) is 3.36. The molecule has 0 amide bonds. The van der Waals surface area contributed by atoms with Crippen molar-refractivity contribution in [1.29, 1.82) is 0 Å². The van der Waals surface area contributed by atoms with Crippen LogP contribution in [-0.2, 0) is 4.74 Å². The van der Waals surface area contributed by atoms with Gasteiger partial charge in [-0.1, -0.05) is 86.8 Å². The maximum absolute atomic E-state index is 5.81. The summed E-state index contributed by atoms with van der Waals surface area (Å²) in [4.78, 5) is 0. The van der Waals surface area contributed by atoms with Gasteiger partial charge >= 0.3 is 0 Å². The third-order valence-corrected chi connectivity index (χ3v) is 15.1. The molecule has 0 spiro atoms. The maximum Gasteiger partial charge on any atom is 0.0914 e. The normalized spacial score (nSPS) is 16.4. The second-order valence-corrected chi connectivity index (χ2v) is 14.5. The number of hydrogen-bond donors (Lipinski definition) is 0. The van der Waals surface area contributed by atoms with E-state index >= 15 is 0 Å². The Balaban J connectivity index is 3.04. The number of benzene rings is 1. The van der Waals surface area contributed by atoms with E-state index < -0.39 is 8.07 Å². The smallest absolute Gasteiger partial charge is 0.0914 e. The second-order valence-electron chi connectivity index (χ2n) is 6.44. The Bertz CT molecular complexity index is 370. The average Bonchev–Trinajstić information content (AvgIpc) is 2.29. The molecule has 0 aliphatic heterocycles. The molecule has 0 aliphatic carbocycles.